The molecule has 0 aromatic heterocycles. The van der Waals surface area contributed by atoms with Gasteiger partial charge in [0, 0.05) is 45.0 Å². The Balaban J connectivity index is 1.46. The number of aryl methyl sites for hydroxylation is 2. The molecule has 28 heavy (non-hydrogen) atoms. The Hall–Kier alpha value is -1.66. The molecule has 154 valence electrons. The third-order valence-electron chi connectivity index (χ3n) is 5.71. The normalized spacial score (nSPS) is 23.6. The highest BCUT2D eigenvalue weighted by Crippen LogP contribution is 2.21. The van der Waals surface area contributed by atoms with Gasteiger partial charge in [0.2, 0.25) is 5.91 Å². The van der Waals surface area contributed by atoms with Gasteiger partial charge in [-0.05, 0) is 67.6 Å². The van der Waals surface area contributed by atoms with Crippen molar-refractivity contribution in [2.75, 3.05) is 51.1 Å². The first-order chi connectivity index (χ1) is 13.3. The van der Waals surface area contributed by atoms with E-state index in [1.807, 2.05) is 0 Å². The van der Waals surface area contributed by atoms with E-state index in [1.165, 1.54) is 17.5 Å². The second kappa shape index (κ2) is 9.23. The molecule has 2 saturated heterocycles. The fraction of sp³-hybridized carbons (Fsp3) is 0.636. The Morgan fingerprint density at radius 2 is 1.57 bits per heavy atom. The number of nitrogens with one attached hydrogen (secondary N) is 1. The average Bonchev–Trinajstić information content (AvgIpc) is 2.60. The van der Waals surface area contributed by atoms with Crippen molar-refractivity contribution < 1.29 is 4.79 Å². The van der Waals surface area contributed by atoms with Gasteiger partial charge in [0.15, 0.2) is 5.11 Å². The molecular formula is C22H34N4OS. The molecule has 2 fully saturated rings. The monoisotopic (exact) mass is 402 g/mol. The van der Waals surface area contributed by atoms with Crippen LogP contribution in [0.3, 0.4) is 0 Å². The lowest BCUT2D eigenvalue weighted by Gasteiger charge is -2.39. The van der Waals surface area contributed by atoms with Crippen LogP contribution in [0.2, 0.25) is 0 Å². The van der Waals surface area contributed by atoms with Crippen LogP contribution < -0.4 is 5.32 Å². The number of piperazine rings is 1. The smallest absolute Gasteiger partial charge is 0.236 e. The maximum Gasteiger partial charge on any atom is 0.236 e. The summed E-state index contributed by atoms with van der Waals surface area (Å²) in [6.07, 6.45) is 1.23. The minimum absolute atomic E-state index is 0.280. The molecule has 1 aromatic rings. The number of carbonyl (C=O) groups excluding carboxylic acids is 1. The van der Waals surface area contributed by atoms with Crippen LogP contribution in [0.25, 0.3) is 0 Å². The molecule has 0 bridgehead atoms. The van der Waals surface area contributed by atoms with Crippen LogP contribution in [-0.2, 0) is 4.79 Å². The second-order valence-electron chi connectivity index (χ2n) is 8.81. The molecule has 3 rings (SSSR count). The lowest BCUT2D eigenvalue weighted by Crippen LogP contribution is -2.53. The maximum atomic E-state index is 12.7. The summed E-state index contributed by atoms with van der Waals surface area (Å²) in [5.74, 6) is 1.50. The lowest BCUT2D eigenvalue weighted by molar-refractivity contribution is -0.135. The second-order valence-corrected chi connectivity index (χ2v) is 9.20. The summed E-state index contributed by atoms with van der Waals surface area (Å²) >= 11 is 5.62. The van der Waals surface area contributed by atoms with Crippen LogP contribution in [-0.4, -0.2) is 71.5 Å². The van der Waals surface area contributed by atoms with Gasteiger partial charge in [0.25, 0.3) is 0 Å². The van der Waals surface area contributed by atoms with E-state index in [4.69, 9.17) is 12.2 Å². The molecule has 1 N–H and O–H groups in total. The maximum absolute atomic E-state index is 12.7. The Morgan fingerprint density at radius 1 is 1.00 bits per heavy atom. The van der Waals surface area contributed by atoms with E-state index in [-0.39, 0.29) is 5.91 Å². The zero-order valence-electron chi connectivity index (χ0n) is 17.7. The first-order valence-corrected chi connectivity index (χ1v) is 10.9. The van der Waals surface area contributed by atoms with Crippen molar-refractivity contribution in [2.45, 2.75) is 34.1 Å². The van der Waals surface area contributed by atoms with Gasteiger partial charge < -0.3 is 15.1 Å². The van der Waals surface area contributed by atoms with E-state index in [0.29, 0.717) is 18.4 Å². The Labute approximate surface area is 175 Å². The summed E-state index contributed by atoms with van der Waals surface area (Å²) < 4.78 is 0. The first kappa shape index (κ1) is 21.1. The summed E-state index contributed by atoms with van der Waals surface area (Å²) in [5, 5.41) is 4.15. The molecule has 2 aliphatic heterocycles. The molecular weight excluding hydrogens is 368 g/mol. The van der Waals surface area contributed by atoms with E-state index >= 15 is 0 Å². The number of benzene rings is 1. The highest BCUT2D eigenvalue weighted by molar-refractivity contribution is 7.80. The number of carbonyl (C=O) groups is 1. The minimum Gasteiger partial charge on any atom is -0.346 e. The Morgan fingerprint density at radius 3 is 2.14 bits per heavy atom. The molecule has 6 heteroatoms. The number of nitrogens with zero attached hydrogens (tertiary/aromatic N) is 3. The van der Waals surface area contributed by atoms with Gasteiger partial charge in [0.05, 0.1) is 6.54 Å². The molecule has 0 radical (unpaired) electrons. The van der Waals surface area contributed by atoms with E-state index in [0.717, 1.165) is 50.1 Å². The van der Waals surface area contributed by atoms with Gasteiger partial charge in [-0.15, -0.1) is 0 Å². The molecule has 0 aliphatic carbocycles. The van der Waals surface area contributed by atoms with Gasteiger partial charge in [-0.3, -0.25) is 9.69 Å². The van der Waals surface area contributed by atoms with Crippen molar-refractivity contribution in [3.8, 4) is 0 Å². The zero-order valence-corrected chi connectivity index (χ0v) is 18.5. The highest BCUT2D eigenvalue weighted by atomic mass is 32.1. The number of rotatable bonds is 3. The van der Waals surface area contributed by atoms with Gasteiger partial charge in [-0.1, -0.05) is 19.9 Å². The molecule has 5 nitrogen and oxygen atoms in total. The average molecular weight is 403 g/mol. The summed E-state index contributed by atoms with van der Waals surface area (Å²) in [5.41, 5.74) is 3.51. The summed E-state index contributed by atoms with van der Waals surface area (Å²) in [6, 6.07) is 6.40. The molecule has 2 heterocycles. The molecule has 2 aliphatic rings. The van der Waals surface area contributed by atoms with Crippen LogP contribution >= 0.6 is 12.2 Å². The fourth-order valence-corrected chi connectivity index (χ4v) is 4.82. The highest BCUT2D eigenvalue weighted by Gasteiger charge is 2.27. The third kappa shape index (κ3) is 5.67. The van der Waals surface area contributed by atoms with Crippen LogP contribution in [0.1, 0.15) is 31.4 Å². The summed E-state index contributed by atoms with van der Waals surface area (Å²) in [6.45, 7) is 14.5. The first-order valence-electron chi connectivity index (χ1n) is 10.4. The van der Waals surface area contributed by atoms with Gasteiger partial charge in [0.1, 0.15) is 0 Å². The summed E-state index contributed by atoms with van der Waals surface area (Å²) in [4.78, 5) is 19.3. The topological polar surface area (TPSA) is 38.8 Å². The van der Waals surface area contributed by atoms with Crippen molar-refractivity contribution in [3.63, 3.8) is 0 Å². The van der Waals surface area contributed by atoms with E-state index in [1.54, 1.807) is 0 Å². The predicted molar refractivity (Wildman–Crippen MR) is 120 cm³/mol. The fourth-order valence-electron chi connectivity index (χ4n) is 4.52. The van der Waals surface area contributed by atoms with E-state index < -0.39 is 0 Å². The molecule has 0 saturated carbocycles. The number of hydrogen-bond acceptors (Lipinski definition) is 3. The SMILES string of the molecule is Cc1cc(C)cc(NC(=S)N2CCN(CC(=O)N3C[C@@H](C)C[C@H](C)C3)CC2)c1. The minimum atomic E-state index is 0.280. The van der Waals surface area contributed by atoms with Crippen molar-refractivity contribution in [1.82, 2.24) is 14.7 Å². The molecule has 0 unspecified atom stereocenters. The third-order valence-corrected chi connectivity index (χ3v) is 6.07. The van der Waals surface area contributed by atoms with Gasteiger partial charge >= 0.3 is 0 Å². The van der Waals surface area contributed by atoms with Crippen LogP contribution in [0, 0.1) is 25.7 Å². The number of likely N-dealkylation sites (tertiary alicyclic amines) is 1. The molecule has 0 spiro atoms. The van der Waals surface area contributed by atoms with Crippen molar-refractivity contribution >= 4 is 28.9 Å². The van der Waals surface area contributed by atoms with Crippen molar-refractivity contribution in [2.24, 2.45) is 11.8 Å². The van der Waals surface area contributed by atoms with Crippen LogP contribution in [0.5, 0.6) is 0 Å². The standard InChI is InChI=1S/C22H34N4OS/c1-16-9-17(2)12-20(11-16)23-22(28)25-7-5-24(6-8-25)15-21(27)26-13-18(3)10-19(4)14-26/h9,11-12,18-19H,5-8,10,13-15H2,1-4H3,(H,23,28)/t18-,19-/m0/s1. The predicted octanol–water partition coefficient (Wildman–Crippen LogP) is 3.12. The zero-order chi connectivity index (χ0) is 20.3. The van der Waals surface area contributed by atoms with Gasteiger partial charge in [-0.25, -0.2) is 0 Å². The lowest BCUT2D eigenvalue weighted by atomic mass is 9.92. The number of thiocarbonyl (C=S) groups is 1. The van der Waals surface area contributed by atoms with Gasteiger partial charge in [-0.2, -0.15) is 0 Å². The number of anilines is 1. The van der Waals surface area contributed by atoms with E-state index in [9.17, 15) is 4.79 Å². The molecule has 1 amide bonds. The molecule has 1 aromatic carbocycles. The van der Waals surface area contributed by atoms with Crippen LogP contribution in [0.15, 0.2) is 18.2 Å². The largest absolute Gasteiger partial charge is 0.346 e. The van der Waals surface area contributed by atoms with Crippen molar-refractivity contribution in [1.29, 1.82) is 0 Å². The quantitative estimate of drug-likeness (QED) is 0.787. The molecule has 2 atom stereocenters. The number of hydrogen-bond donors (Lipinski definition) is 1. The Bertz CT molecular complexity index is 684. The number of amides is 1. The van der Waals surface area contributed by atoms with E-state index in [2.05, 4.69) is 65.9 Å². The van der Waals surface area contributed by atoms with Crippen molar-refractivity contribution in [3.05, 3.63) is 29.3 Å². The Kier molecular flexibility index (Phi) is 6.94. The number of piperidine rings is 1. The van der Waals surface area contributed by atoms with Crippen LogP contribution in [0.4, 0.5) is 5.69 Å². The summed E-state index contributed by atoms with van der Waals surface area (Å²) in [7, 11) is 0.